The molecule has 1 amide bonds. The Kier molecular flexibility index (Phi) is 6.97. The normalized spacial score (nSPS) is 12.2. The summed E-state index contributed by atoms with van der Waals surface area (Å²) in [7, 11) is 3.37. The van der Waals surface area contributed by atoms with E-state index in [0.29, 0.717) is 28.7 Å². The van der Waals surface area contributed by atoms with Crippen LogP contribution >= 0.6 is 11.3 Å². The Labute approximate surface area is 163 Å². The maximum absolute atomic E-state index is 12.0. The number of ether oxygens (including phenoxy) is 2. The van der Waals surface area contributed by atoms with Crippen LogP contribution in [0.1, 0.15) is 30.1 Å². The Balaban J connectivity index is 2.32. The van der Waals surface area contributed by atoms with Crippen LogP contribution in [0.4, 0.5) is 0 Å². The van der Waals surface area contributed by atoms with Crippen molar-refractivity contribution in [3.8, 4) is 17.6 Å². The van der Waals surface area contributed by atoms with Gasteiger partial charge in [0.25, 0.3) is 5.91 Å². The van der Waals surface area contributed by atoms with Crippen LogP contribution in [-0.2, 0) is 4.79 Å². The second kappa shape index (κ2) is 9.19. The summed E-state index contributed by atoms with van der Waals surface area (Å²) in [5.74, 6) is 0.880. The van der Waals surface area contributed by atoms with Gasteiger partial charge in [-0.1, -0.05) is 6.07 Å². The first-order valence-corrected chi connectivity index (χ1v) is 9.42. The minimum absolute atomic E-state index is 0.132. The van der Waals surface area contributed by atoms with Gasteiger partial charge in [0.05, 0.1) is 12.2 Å². The van der Waals surface area contributed by atoms with Gasteiger partial charge in [-0.25, -0.2) is 4.98 Å². The Morgan fingerprint density at radius 3 is 2.70 bits per heavy atom. The van der Waals surface area contributed by atoms with Gasteiger partial charge in [-0.15, -0.1) is 11.3 Å². The van der Waals surface area contributed by atoms with Gasteiger partial charge in [0.1, 0.15) is 11.1 Å². The molecular weight excluding hydrogens is 362 g/mol. The van der Waals surface area contributed by atoms with Crippen LogP contribution in [0.3, 0.4) is 0 Å². The van der Waals surface area contributed by atoms with Crippen molar-refractivity contribution in [2.24, 2.45) is 0 Å². The second-order valence-corrected chi connectivity index (χ2v) is 6.95. The van der Waals surface area contributed by atoms with E-state index in [2.05, 4.69) is 11.1 Å². The number of carbonyl (C=O) groups is 1. The van der Waals surface area contributed by atoms with Gasteiger partial charge < -0.3 is 14.4 Å². The highest BCUT2D eigenvalue weighted by Crippen LogP contribution is 2.31. The number of likely N-dealkylation sites (N-methyl/N-ethyl adjacent to an activating group) is 1. The molecule has 0 saturated heterocycles. The molecule has 1 atom stereocenters. The van der Waals surface area contributed by atoms with Crippen molar-refractivity contribution in [3.05, 3.63) is 39.8 Å². The Morgan fingerprint density at radius 1 is 1.41 bits per heavy atom. The monoisotopic (exact) mass is 385 g/mol. The van der Waals surface area contributed by atoms with E-state index in [9.17, 15) is 10.1 Å². The molecule has 0 aliphatic heterocycles. The average molecular weight is 385 g/mol. The van der Waals surface area contributed by atoms with Crippen molar-refractivity contribution >= 4 is 28.9 Å². The van der Waals surface area contributed by atoms with Crippen LogP contribution in [0.15, 0.2) is 23.6 Å². The molecule has 2 rings (SSSR count). The van der Waals surface area contributed by atoms with E-state index in [1.165, 1.54) is 16.2 Å². The number of thiazole rings is 1. The van der Waals surface area contributed by atoms with E-state index in [1.807, 2.05) is 25.3 Å². The Hall–Kier alpha value is -2.85. The molecule has 0 spiro atoms. The number of aromatic nitrogens is 1. The maximum Gasteiger partial charge on any atom is 0.262 e. The Bertz CT molecular complexity index is 881. The predicted molar refractivity (Wildman–Crippen MR) is 107 cm³/mol. The van der Waals surface area contributed by atoms with Gasteiger partial charge in [0, 0.05) is 25.2 Å². The summed E-state index contributed by atoms with van der Waals surface area (Å²) in [6.07, 6.45) is 1.13. The van der Waals surface area contributed by atoms with Crippen molar-refractivity contribution in [1.29, 1.82) is 5.26 Å². The summed E-state index contributed by atoms with van der Waals surface area (Å²) in [6, 6.07) is 7.56. The smallest absolute Gasteiger partial charge is 0.262 e. The topological polar surface area (TPSA) is 75.5 Å². The molecule has 0 bridgehead atoms. The number of aryl methyl sites for hydroxylation is 1. The third-order valence-electron chi connectivity index (χ3n) is 3.64. The van der Waals surface area contributed by atoms with Crippen molar-refractivity contribution in [1.82, 2.24) is 9.88 Å². The van der Waals surface area contributed by atoms with Gasteiger partial charge in [0.15, 0.2) is 17.6 Å². The summed E-state index contributed by atoms with van der Waals surface area (Å²) < 4.78 is 11.5. The van der Waals surface area contributed by atoms with Crippen LogP contribution in [0.25, 0.3) is 11.6 Å². The quantitative estimate of drug-likeness (QED) is 0.678. The molecule has 0 aliphatic carbocycles. The minimum Gasteiger partial charge on any atom is -0.490 e. The average Bonchev–Trinajstić information content (AvgIpc) is 3.07. The van der Waals surface area contributed by atoms with Crippen molar-refractivity contribution < 1.29 is 14.3 Å². The first kappa shape index (κ1) is 20.5. The van der Waals surface area contributed by atoms with Crippen molar-refractivity contribution in [2.75, 3.05) is 20.7 Å². The highest BCUT2D eigenvalue weighted by Gasteiger charge is 2.19. The third-order valence-corrected chi connectivity index (χ3v) is 4.63. The third kappa shape index (κ3) is 5.31. The van der Waals surface area contributed by atoms with Gasteiger partial charge in [-0.2, -0.15) is 5.26 Å². The lowest BCUT2D eigenvalue weighted by molar-refractivity contribution is -0.135. The van der Waals surface area contributed by atoms with Crippen LogP contribution in [0.2, 0.25) is 0 Å². The van der Waals surface area contributed by atoms with Crippen molar-refractivity contribution in [2.45, 2.75) is 26.9 Å². The molecule has 0 fully saturated rings. The summed E-state index contributed by atoms with van der Waals surface area (Å²) in [6.45, 7) is 5.92. The number of nitriles is 1. The Morgan fingerprint density at radius 2 is 2.15 bits per heavy atom. The van der Waals surface area contributed by atoms with Gasteiger partial charge in [-0.05, 0) is 44.5 Å². The predicted octanol–water partition coefficient (Wildman–Crippen LogP) is 3.77. The zero-order chi connectivity index (χ0) is 20.0. The number of benzene rings is 1. The summed E-state index contributed by atoms with van der Waals surface area (Å²) in [5.41, 5.74) is 2.16. The fraction of sp³-hybridized carbons (Fsp3) is 0.350. The number of rotatable bonds is 7. The zero-order valence-electron chi connectivity index (χ0n) is 16.1. The second-order valence-electron chi connectivity index (χ2n) is 6.10. The van der Waals surface area contributed by atoms with Gasteiger partial charge in [0.2, 0.25) is 0 Å². The van der Waals surface area contributed by atoms with E-state index >= 15 is 0 Å². The molecule has 7 heteroatoms. The van der Waals surface area contributed by atoms with E-state index < -0.39 is 6.10 Å². The molecule has 1 heterocycles. The largest absolute Gasteiger partial charge is 0.490 e. The molecule has 0 radical (unpaired) electrons. The van der Waals surface area contributed by atoms with Crippen LogP contribution in [0.5, 0.6) is 11.5 Å². The molecule has 2 aromatic rings. The SMILES string of the molecule is CCOc1cc(/C=C(\C#N)c2nc(C)cs2)ccc1O[C@@H](C)C(=O)N(C)C. The molecular formula is C20H23N3O3S. The van der Waals surface area contributed by atoms with E-state index in [0.717, 1.165) is 11.3 Å². The molecule has 1 aromatic carbocycles. The van der Waals surface area contributed by atoms with Crippen molar-refractivity contribution in [3.63, 3.8) is 0 Å². The fourth-order valence-electron chi connectivity index (χ4n) is 2.37. The molecule has 6 nitrogen and oxygen atoms in total. The highest BCUT2D eigenvalue weighted by molar-refractivity contribution is 7.11. The molecule has 0 N–H and O–H groups in total. The minimum atomic E-state index is -0.631. The number of hydrogen-bond donors (Lipinski definition) is 0. The first-order valence-electron chi connectivity index (χ1n) is 8.54. The molecule has 27 heavy (non-hydrogen) atoms. The lowest BCUT2D eigenvalue weighted by atomic mass is 10.1. The zero-order valence-corrected chi connectivity index (χ0v) is 17.0. The lowest BCUT2D eigenvalue weighted by Crippen LogP contribution is -2.35. The number of nitrogens with zero attached hydrogens (tertiary/aromatic N) is 3. The van der Waals surface area contributed by atoms with E-state index in [-0.39, 0.29) is 5.91 Å². The van der Waals surface area contributed by atoms with Gasteiger partial charge in [-0.3, -0.25) is 4.79 Å². The van der Waals surface area contributed by atoms with Crippen LogP contribution in [0, 0.1) is 18.3 Å². The first-order chi connectivity index (χ1) is 12.8. The van der Waals surface area contributed by atoms with E-state index in [1.54, 1.807) is 39.2 Å². The molecule has 0 saturated carbocycles. The summed E-state index contributed by atoms with van der Waals surface area (Å²) >= 11 is 1.43. The number of hydrogen-bond acceptors (Lipinski definition) is 6. The van der Waals surface area contributed by atoms with E-state index in [4.69, 9.17) is 9.47 Å². The number of amides is 1. The molecule has 142 valence electrons. The van der Waals surface area contributed by atoms with Crippen LogP contribution < -0.4 is 9.47 Å². The van der Waals surface area contributed by atoms with Crippen LogP contribution in [-0.4, -0.2) is 42.6 Å². The standard InChI is InChI=1S/C20H23N3O3S/c1-6-25-18-10-15(9-16(11-21)19-22-13(2)12-27-19)7-8-17(18)26-14(3)20(24)23(4)5/h7-10,12,14H,6H2,1-5H3/b16-9+/t14-/m0/s1. The highest BCUT2D eigenvalue weighted by atomic mass is 32.1. The summed E-state index contributed by atoms with van der Waals surface area (Å²) in [5, 5.41) is 12.0. The summed E-state index contributed by atoms with van der Waals surface area (Å²) in [4.78, 5) is 17.9. The molecule has 0 unspecified atom stereocenters. The molecule has 0 aliphatic rings. The fourth-order valence-corrected chi connectivity index (χ4v) is 3.13. The molecule has 1 aromatic heterocycles. The lowest BCUT2D eigenvalue weighted by Gasteiger charge is -2.20. The maximum atomic E-state index is 12.0. The van der Waals surface area contributed by atoms with Gasteiger partial charge >= 0.3 is 0 Å². The number of carbonyl (C=O) groups excluding carboxylic acids is 1. The number of allylic oxidation sites excluding steroid dienone is 1.